The third kappa shape index (κ3) is 1.98. The van der Waals surface area contributed by atoms with Crippen molar-refractivity contribution in [3.63, 3.8) is 0 Å². The molecule has 0 saturated carbocycles. The van der Waals surface area contributed by atoms with Crippen LogP contribution in [0.1, 0.15) is 22.8 Å². The van der Waals surface area contributed by atoms with E-state index in [2.05, 4.69) is 31.3 Å². The quantitative estimate of drug-likeness (QED) is 0.803. The number of nitrogens with one attached hydrogen (secondary N) is 1. The Hall–Kier alpha value is -1.06. The van der Waals surface area contributed by atoms with Gasteiger partial charge in [0.1, 0.15) is 11.9 Å². The smallest absolute Gasteiger partial charge is 0.127 e. The van der Waals surface area contributed by atoms with Crippen molar-refractivity contribution in [2.45, 2.75) is 20.0 Å². The van der Waals surface area contributed by atoms with Crippen molar-refractivity contribution in [2.75, 3.05) is 20.4 Å². The molecule has 2 rings (SSSR count). The molecular formula is C12H17NO2. The Morgan fingerprint density at radius 3 is 2.80 bits per heavy atom. The molecule has 1 unspecified atom stereocenters. The fourth-order valence-corrected chi connectivity index (χ4v) is 2.11. The van der Waals surface area contributed by atoms with Gasteiger partial charge in [-0.05, 0) is 25.5 Å². The fraction of sp³-hybridized carbons (Fsp3) is 0.500. The van der Waals surface area contributed by atoms with E-state index in [0.29, 0.717) is 6.73 Å². The Morgan fingerprint density at radius 1 is 1.40 bits per heavy atom. The van der Waals surface area contributed by atoms with Crippen molar-refractivity contribution >= 4 is 0 Å². The molecule has 0 bridgehead atoms. The molecule has 3 heteroatoms. The third-order valence-electron chi connectivity index (χ3n) is 2.72. The van der Waals surface area contributed by atoms with Gasteiger partial charge in [-0.25, -0.2) is 0 Å². The van der Waals surface area contributed by atoms with Crippen LogP contribution in [0.25, 0.3) is 0 Å². The summed E-state index contributed by atoms with van der Waals surface area (Å²) in [6, 6.07) is 4.27. The highest BCUT2D eigenvalue weighted by Gasteiger charge is 2.22. The van der Waals surface area contributed by atoms with Gasteiger partial charge in [0.25, 0.3) is 0 Å². The molecule has 1 aliphatic rings. The van der Waals surface area contributed by atoms with Crippen molar-refractivity contribution < 1.29 is 9.47 Å². The van der Waals surface area contributed by atoms with Gasteiger partial charge in [-0.15, -0.1) is 0 Å². The lowest BCUT2D eigenvalue weighted by atomic mass is 10.0. The molecule has 0 amide bonds. The molecular weight excluding hydrogens is 190 g/mol. The van der Waals surface area contributed by atoms with Gasteiger partial charge in [0.05, 0.1) is 13.8 Å². The second-order valence-corrected chi connectivity index (χ2v) is 3.96. The molecule has 3 nitrogen and oxygen atoms in total. The molecule has 15 heavy (non-hydrogen) atoms. The molecule has 1 fully saturated rings. The summed E-state index contributed by atoms with van der Waals surface area (Å²) in [5, 5.41) is 3.18. The van der Waals surface area contributed by atoms with Gasteiger partial charge in [-0.1, -0.05) is 11.6 Å². The van der Waals surface area contributed by atoms with E-state index in [9.17, 15) is 0 Å². The van der Waals surface area contributed by atoms with Crippen molar-refractivity contribution in [3.05, 3.63) is 28.8 Å². The molecule has 82 valence electrons. The van der Waals surface area contributed by atoms with Gasteiger partial charge >= 0.3 is 0 Å². The number of hydrogen-bond acceptors (Lipinski definition) is 3. The summed E-state index contributed by atoms with van der Waals surface area (Å²) in [5.41, 5.74) is 3.57. The Morgan fingerprint density at radius 2 is 2.20 bits per heavy atom. The predicted molar refractivity (Wildman–Crippen MR) is 59.2 cm³/mol. The lowest BCUT2D eigenvalue weighted by Crippen LogP contribution is -2.09. The van der Waals surface area contributed by atoms with Crippen molar-refractivity contribution in [2.24, 2.45) is 0 Å². The van der Waals surface area contributed by atoms with Crippen molar-refractivity contribution in [3.8, 4) is 5.75 Å². The van der Waals surface area contributed by atoms with E-state index in [1.54, 1.807) is 7.11 Å². The summed E-state index contributed by atoms with van der Waals surface area (Å²) in [6.45, 7) is 5.65. The number of aryl methyl sites for hydroxylation is 2. The predicted octanol–water partition coefficient (Wildman–Crippen LogP) is 1.93. The number of benzene rings is 1. The highest BCUT2D eigenvalue weighted by atomic mass is 16.5. The highest BCUT2D eigenvalue weighted by molar-refractivity contribution is 5.45. The Balaban J connectivity index is 2.42. The highest BCUT2D eigenvalue weighted by Crippen LogP contribution is 2.32. The first-order valence-electron chi connectivity index (χ1n) is 5.20. The van der Waals surface area contributed by atoms with Crippen molar-refractivity contribution in [1.29, 1.82) is 0 Å². The summed E-state index contributed by atoms with van der Waals surface area (Å²) in [6.07, 6.45) is 0.124. The van der Waals surface area contributed by atoms with Gasteiger partial charge in [0.15, 0.2) is 0 Å². The van der Waals surface area contributed by atoms with E-state index in [-0.39, 0.29) is 6.10 Å². The first kappa shape index (κ1) is 10.5. The topological polar surface area (TPSA) is 30.5 Å². The summed E-state index contributed by atoms with van der Waals surface area (Å²) < 4.78 is 11.0. The van der Waals surface area contributed by atoms with E-state index >= 15 is 0 Å². The molecule has 1 aliphatic heterocycles. The molecule has 1 N–H and O–H groups in total. The molecule has 0 radical (unpaired) electrons. The van der Waals surface area contributed by atoms with Crippen LogP contribution in [0, 0.1) is 13.8 Å². The fourth-order valence-electron chi connectivity index (χ4n) is 2.11. The molecule has 1 heterocycles. The summed E-state index contributed by atoms with van der Waals surface area (Å²) in [7, 11) is 1.71. The minimum atomic E-state index is 0.124. The summed E-state index contributed by atoms with van der Waals surface area (Å²) >= 11 is 0. The van der Waals surface area contributed by atoms with E-state index in [1.807, 2.05) is 0 Å². The number of hydrogen-bond donors (Lipinski definition) is 1. The molecule has 0 aliphatic carbocycles. The van der Waals surface area contributed by atoms with Gasteiger partial charge in [0, 0.05) is 12.1 Å². The number of ether oxygens (including phenoxy) is 2. The lowest BCUT2D eigenvalue weighted by molar-refractivity contribution is 0.112. The minimum absolute atomic E-state index is 0.124. The molecule has 0 spiro atoms. The van der Waals surface area contributed by atoms with E-state index in [1.165, 1.54) is 11.1 Å². The average molecular weight is 207 g/mol. The Labute approximate surface area is 90.4 Å². The standard InChI is InChI=1S/C12H17NO2/c1-8-4-9(2)12(14-3)10(5-8)11-6-13-7-15-11/h4-5,11,13H,6-7H2,1-3H3. The molecule has 1 atom stereocenters. The zero-order valence-electron chi connectivity index (χ0n) is 9.46. The van der Waals surface area contributed by atoms with Crippen LogP contribution in [0.5, 0.6) is 5.75 Å². The first-order valence-corrected chi connectivity index (χ1v) is 5.20. The second kappa shape index (κ2) is 4.21. The van der Waals surface area contributed by atoms with Crippen LogP contribution in [0.15, 0.2) is 12.1 Å². The zero-order valence-corrected chi connectivity index (χ0v) is 9.46. The molecule has 0 aromatic heterocycles. The van der Waals surface area contributed by atoms with Gasteiger partial charge in [0.2, 0.25) is 0 Å². The summed E-state index contributed by atoms with van der Waals surface area (Å²) in [4.78, 5) is 0. The van der Waals surface area contributed by atoms with Gasteiger partial charge in [-0.2, -0.15) is 0 Å². The summed E-state index contributed by atoms with van der Waals surface area (Å²) in [5.74, 6) is 0.953. The monoisotopic (exact) mass is 207 g/mol. The maximum absolute atomic E-state index is 5.60. The zero-order chi connectivity index (χ0) is 10.8. The van der Waals surface area contributed by atoms with Crippen LogP contribution in [-0.2, 0) is 4.74 Å². The van der Waals surface area contributed by atoms with Crippen LogP contribution in [0.3, 0.4) is 0 Å². The van der Waals surface area contributed by atoms with Gasteiger partial charge in [-0.3, -0.25) is 5.32 Å². The van der Waals surface area contributed by atoms with E-state index in [4.69, 9.17) is 9.47 Å². The number of rotatable bonds is 2. The third-order valence-corrected chi connectivity index (χ3v) is 2.72. The maximum atomic E-state index is 5.60. The second-order valence-electron chi connectivity index (χ2n) is 3.96. The van der Waals surface area contributed by atoms with Crippen LogP contribution in [0.4, 0.5) is 0 Å². The molecule has 1 aromatic rings. The largest absolute Gasteiger partial charge is 0.496 e. The average Bonchev–Trinajstić information content (AvgIpc) is 2.69. The van der Waals surface area contributed by atoms with Crippen molar-refractivity contribution in [1.82, 2.24) is 5.32 Å². The molecule has 1 aromatic carbocycles. The van der Waals surface area contributed by atoms with Crippen LogP contribution < -0.4 is 10.1 Å². The van der Waals surface area contributed by atoms with E-state index in [0.717, 1.165) is 17.9 Å². The lowest BCUT2D eigenvalue weighted by Gasteiger charge is -2.16. The van der Waals surface area contributed by atoms with Crippen LogP contribution in [-0.4, -0.2) is 20.4 Å². The molecule has 1 saturated heterocycles. The number of methoxy groups -OCH3 is 1. The maximum Gasteiger partial charge on any atom is 0.127 e. The van der Waals surface area contributed by atoms with Crippen LogP contribution >= 0.6 is 0 Å². The van der Waals surface area contributed by atoms with Gasteiger partial charge < -0.3 is 9.47 Å². The SMILES string of the molecule is COc1c(C)cc(C)cc1C1CNCO1. The van der Waals surface area contributed by atoms with E-state index < -0.39 is 0 Å². The Kier molecular flexibility index (Phi) is 2.93. The minimum Gasteiger partial charge on any atom is -0.496 e. The first-order chi connectivity index (χ1) is 7.22. The van der Waals surface area contributed by atoms with Crippen LogP contribution in [0.2, 0.25) is 0 Å². The Bertz CT molecular complexity index is 357. The normalized spacial score (nSPS) is 20.6.